The molecule has 2 aromatic carbocycles. The number of nitrogens with one attached hydrogen (secondary N) is 2. The van der Waals surface area contributed by atoms with Crippen LogP contribution in [0.4, 0.5) is 11.7 Å². The van der Waals surface area contributed by atoms with Crippen LogP contribution in [-0.4, -0.2) is 29.1 Å². The average molecular weight is 434 g/mol. The molecule has 2 aromatic heterocycles. The maximum atomic E-state index is 12.5. The summed E-state index contributed by atoms with van der Waals surface area (Å²) in [5.41, 5.74) is 1.68. The number of anilines is 2. The van der Waals surface area contributed by atoms with Crippen molar-refractivity contribution >= 4 is 34.9 Å². The fraction of sp³-hybridized carbons (Fsp3) is 0.0909. The molecule has 0 fully saturated rings. The maximum absolute atomic E-state index is 12.5. The van der Waals surface area contributed by atoms with Crippen LogP contribution < -0.4 is 15.4 Å². The molecule has 0 spiro atoms. The van der Waals surface area contributed by atoms with Crippen LogP contribution in [-0.2, 0) is 0 Å². The number of aromatic nitrogens is 2. The summed E-state index contributed by atoms with van der Waals surface area (Å²) in [6, 6.07) is 17.3. The molecule has 0 aliphatic heterocycles. The molecule has 0 atom stereocenters. The van der Waals surface area contributed by atoms with Gasteiger partial charge >= 0.3 is 6.01 Å². The highest BCUT2D eigenvalue weighted by Crippen LogP contribution is 2.23. The Labute approximate surface area is 181 Å². The summed E-state index contributed by atoms with van der Waals surface area (Å²) in [5, 5.41) is 13.2. The molecule has 0 aliphatic carbocycles. The highest BCUT2D eigenvalue weighted by atomic mass is 32.1. The van der Waals surface area contributed by atoms with Gasteiger partial charge in [0, 0.05) is 21.7 Å². The van der Waals surface area contributed by atoms with Gasteiger partial charge in [-0.1, -0.05) is 5.10 Å². The number of carbonyl (C=O) groups is 2. The summed E-state index contributed by atoms with van der Waals surface area (Å²) in [4.78, 5) is 26.4. The molecule has 0 bridgehead atoms. The third kappa shape index (κ3) is 4.78. The molecule has 4 aromatic rings. The van der Waals surface area contributed by atoms with Crippen molar-refractivity contribution < 1.29 is 18.7 Å². The van der Waals surface area contributed by atoms with E-state index in [-0.39, 0.29) is 17.8 Å². The number of aryl methyl sites for hydroxylation is 1. The molecule has 0 saturated heterocycles. The smallest absolute Gasteiger partial charge is 0.322 e. The number of hydrogen-bond acceptors (Lipinski definition) is 7. The van der Waals surface area contributed by atoms with Crippen LogP contribution in [0.25, 0.3) is 11.5 Å². The fourth-order valence-corrected chi connectivity index (χ4v) is 3.51. The zero-order valence-corrected chi connectivity index (χ0v) is 17.5. The number of thiophene rings is 1. The van der Waals surface area contributed by atoms with Crippen molar-refractivity contribution in [2.75, 3.05) is 17.7 Å². The third-order valence-electron chi connectivity index (χ3n) is 4.35. The Morgan fingerprint density at radius 3 is 2.29 bits per heavy atom. The van der Waals surface area contributed by atoms with Gasteiger partial charge < -0.3 is 14.5 Å². The predicted octanol–water partition coefficient (Wildman–Crippen LogP) is 4.62. The van der Waals surface area contributed by atoms with E-state index in [2.05, 4.69) is 20.8 Å². The number of rotatable bonds is 6. The van der Waals surface area contributed by atoms with E-state index in [9.17, 15) is 9.59 Å². The molecule has 9 heteroatoms. The Balaban J connectivity index is 1.38. The van der Waals surface area contributed by atoms with Gasteiger partial charge in [-0.3, -0.25) is 14.9 Å². The van der Waals surface area contributed by atoms with E-state index in [0.717, 1.165) is 4.88 Å². The zero-order valence-electron chi connectivity index (χ0n) is 16.7. The van der Waals surface area contributed by atoms with E-state index >= 15 is 0 Å². The molecule has 156 valence electrons. The molecule has 0 unspecified atom stereocenters. The lowest BCUT2D eigenvalue weighted by Crippen LogP contribution is -2.13. The molecule has 0 saturated carbocycles. The SMILES string of the molecule is COc1ccc(-c2nnc(NC(=O)c3ccc(NC(=O)c4ccc(C)s4)cc3)o2)cc1. The normalized spacial score (nSPS) is 10.5. The zero-order chi connectivity index (χ0) is 21.8. The average Bonchev–Trinajstić information content (AvgIpc) is 3.43. The topological polar surface area (TPSA) is 106 Å². The van der Waals surface area contributed by atoms with Gasteiger partial charge in [0.05, 0.1) is 12.0 Å². The van der Waals surface area contributed by atoms with Crippen LogP contribution in [0.3, 0.4) is 0 Å². The monoisotopic (exact) mass is 434 g/mol. The second-order valence-electron chi connectivity index (χ2n) is 6.54. The van der Waals surface area contributed by atoms with E-state index in [0.29, 0.717) is 27.4 Å². The Morgan fingerprint density at radius 2 is 1.65 bits per heavy atom. The van der Waals surface area contributed by atoms with E-state index in [4.69, 9.17) is 9.15 Å². The van der Waals surface area contributed by atoms with Crippen LogP contribution in [0.5, 0.6) is 5.75 Å². The lowest BCUT2D eigenvalue weighted by Gasteiger charge is -2.05. The third-order valence-corrected chi connectivity index (χ3v) is 5.35. The largest absolute Gasteiger partial charge is 0.497 e. The van der Waals surface area contributed by atoms with Gasteiger partial charge in [-0.05, 0) is 67.6 Å². The fourth-order valence-electron chi connectivity index (χ4n) is 2.75. The number of amides is 2. The Kier molecular flexibility index (Phi) is 5.76. The Bertz CT molecular complexity index is 1210. The summed E-state index contributed by atoms with van der Waals surface area (Å²) in [5.74, 6) is 0.394. The molecule has 2 N–H and O–H groups in total. The van der Waals surface area contributed by atoms with Crippen LogP contribution in [0.15, 0.2) is 65.1 Å². The quantitative estimate of drug-likeness (QED) is 0.459. The number of carbonyl (C=O) groups excluding carboxylic acids is 2. The minimum atomic E-state index is -0.406. The van der Waals surface area contributed by atoms with E-state index in [1.165, 1.54) is 11.3 Å². The molecule has 0 aliphatic rings. The van der Waals surface area contributed by atoms with Gasteiger partial charge in [-0.15, -0.1) is 16.4 Å². The lowest BCUT2D eigenvalue weighted by atomic mass is 10.2. The molecular weight excluding hydrogens is 416 g/mol. The lowest BCUT2D eigenvalue weighted by molar-refractivity contribution is 0.101. The van der Waals surface area contributed by atoms with Crippen molar-refractivity contribution in [3.63, 3.8) is 0 Å². The number of methoxy groups -OCH3 is 1. The summed E-state index contributed by atoms with van der Waals surface area (Å²) in [7, 11) is 1.58. The highest BCUT2D eigenvalue weighted by molar-refractivity contribution is 7.14. The number of nitrogens with zero attached hydrogens (tertiary/aromatic N) is 2. The minimum Gasteiger partial charge on any atom is -0.497 e. The summed E-state index contributed by atoms with van der Waals surface area (Å²) >= 11 is 1.42. The van der Waals surface area contributed by atoms with Crippen molar-refractivity contribution in [3.8, 4) is 17.2 Å². The van der Waals surface area contributed by atoms with Gasteiger partial charge in [0.2, 0.25) is 5.89 Å². The van der Waals surface area contributed by atoms with Gasteiger partial charge in [0.25, 0.3) is 11.8 Å². The van der Waals surface area contributed by atoms with Gasteiger partial charge in [-0.25, -0.2) is 0 Å². The second kappa shape index (κ2) is 8.80. The molecular formula is C22H18N4O4S. The van der Waals surface area contributed by atoms with Crippen molar-refractivity contribution in [3.05, 3.63) is 76.0 Å². The molecule has 4 rings (SSSR count). The standard InChI is InChI=1S/C22H18N4O4S/c1-13-3-12-18(31-13)20(28)23-16-8-4-14(5-9-16)19(27)24-22-26-25-21(30-22)15-6-10-17(29-2)11-7-15/h3-12H,1-2H3,(H,23,28)(H,24,26,27). The van der Waals surface area contributed by atoms with E-state index in [1.807, 2.05) is 13.0 Å². The van der Waals surface area contributed by atoms with E-state index < -0.39 is 5.91 Å². The first-order chi connectivity index (χ1) is 15.0. The number of ether oxygens (including phenoxy) is 1. The van der Waals surface area contributed by atoms with Crippen LogP contribution in [0.1, 0.15) is 24.9 Å². The molecule has 2 heterocycles. The summed E-state index contributed by atoms with van der Waals surface area (Å²) in [6.07, 6.45) is 0. The highest BCUT2D eigenvalue weighted by Gasteiger charge is 2.14. The summed E-state index contributed by atoms with van der Waals surface area (Å²) in [6.45, 7) is 1.94. The Hall–Kier alpha value is -3.98. The van der Waals surface area contributed by atoms with Gasteiger partial charge in [-0.2, -0.15) is 0 Å². The second-order valence-corrected chi connectivity index (χ2v) is 7.82. The number of benzene rings is 2. The van der Waals surface area contributed by atoms with Crippen LogP contribution in [0.2, 0.25) is 0 Å². The summed E-state index contributed by atoms with van der Waals surface area (Å²) < 4.78 is 10.6. The predicted molar refractivity (Wildman–Crippen MR) is 118 cm³/mol. The van der Waals surface area contributed by atoms with Gasteiger partial charge in [0.1, 0.15) is 5.75 Å². The Morgan fingerprint density at radius 1 is 0.903 bits per heavy atom. The minimum absolute atomic E-state index is 0.0127. The van der Waals surface area contributed by atoms with Crippen molar-refractivity contribution in [1.29, 1.82) is 0 Å². The maximum Gasteiger partial charge on any atom is 0.322 e. The van der Waals surface area contributed by atoms with Crippen molar-refractivity contribution in [2.24, 2.45) is 0 Å². The van der Waals surface area contributed by atoms with E-state index in [1.54, 1.807) is 61.7 Å². The molecule has 31 heavy (non-hydrogen) atoms. The van der Waals surface area contributed by atoms with Crippen molar-refractivity contribution in [1.82, 2.24) is 10.2 Å². The molecule has 2 amide bonds. The first-order valence-electron chi connectivity index (χ1n) is 9.29. The first-order valence-corrected chi connectivity index (χ1v) is 10.1. The number of hydrogen-bond donors (Lipinski definition) is 2. The van der Waals surface area contributed by atoms with Gasteiger partial charge in [0.15, 0.2) is 0 Å². The van der Waals surface area contributed by atoms with Crippen LogP contribution >= 0.6 is 11.3 Å². The van der Waals surface area contributed by atoms with Crippen molar-refractivity contribution in [2.45, 2.75) is 6.92 Å². The molecule has 8 nitrogen and oxygen atoms in total. The van der Waals surface area contributed by atoms with Crippen LogP contribution in [0, 0.1) is 6.92 Å². The molecule has 0 radical (unpaired) electrons. The first kappa shape index (κ1) is 20.3.